The van der Waals surface area contributed by atoms with Crippen molar-refractivity contribution in [2.75, 3.05) is 20.1 Å². The van der Waals surface area contributed by atoms with E-state index in [2.05, 4.69) is 0 Å². The maximum atomic E-state index is 12.3. The molecule has 1 aromatic rings. The van der Waals surface area contributed by atoms with Crippen LogP contribution < -0.4 is 0 Å². The summed E-state index contributed by atoms with van der Waals surface area (Å²) in [5.74, 6) is -1.02. The van der Waals surface area contributed by atoms with Crippen LogP contribution in [0.2, 0.25) is 0 Å². The van der Waals surface area contributed by atoms with Gasteiger partial charge in [-0.1, -0.05) is 37.3 Å². The Bertz CT molecular complexity index is 486. The summed E-state index contributed by atoms with van der Waals surface area (Å²) in [7, 11) is 1.73. The number of likely N-dealkylation sites (N-methyl/N-ethyl adjacent to an activating group) is 2. The summed E-state index contributed by atoms with van der Waals surface area (Å²) in [6.45, 7) is 6.20. The molecule has 1 rings (SSSR count). The average molecular weight is 292 g/mol. The van der Waals surface area contributed by atoms with E-state index in [1.54, 1.807) is 30.7 Å². The minimum absolute atomic E-state index is 0.0879. The van der Waals surface area contributed by atoms with E-state index in [1.807, 2.05) is 37.3 Å². The van der Waals surface area contributed by atoms with Crippen molar-refractivity contribution in [2.45, 2.75) is 32.9 Å². The standard InChI is InChI=1S/C16H24N2O3/c1-5-18(16(2,3)15(20)21)12-14(19)17(4)11-13-9-7-6-8-10-13/h6-10H,5,11-12H2,1-4H3,(H,20,21). The number of carboxylic acid groups (broad SMARTS) is 1. The van der Waals surface area contributed by atoms with Crippen molar-refractivity contribution in [2.24, 2.45) is 0 Å². The van der Waals surface area contributed by atoms with Gasteiger partial charge in [0.1, 0.15) is 5.54 Å². The zero-order valence-corrected chi connectivity index (χ0v) is 13.2. The molecule has 0 aliphatic carbocycles. The highest BCUT2D eigenvalue weighted by Gasteiger charge is 2.35. The number of carbonyl (C=O) groups excluding carboxylic acids is 1. The molecule has 1 aromatic carbocycles. The van der Waals surface area contributed by atoms with Gasteiger partial charge in [0.25, 0.3) is 0 Å². The van der Waals surface area contributed by atoms with Gasteiger partial charge in [0, 0.05) is 13.6 Å². The lowest BCUT2D eigenvalue weighted by Crippen LogP contribution is -2.53. The Hall–Kier alpha value is -1.88. The molecule has 0 saturated heterocycles. The van der Waals surface area contributed by atoms with Gasteiger partial charge in [-0.3, -0.25) is 14.5 Å². The summed E-state index contributed by atoms with van der Waals surface area (Å²) in [6.07, 6.45) is 0. The van der Waals surface area contributed by atoms with E-state index in [1.165, 1.54) is 0 Å². The SMILES string of the molecule is CCN(CC(=O)N(C)Cc1ccccc1)C(C)(C)C(=O)O. The van der Waals surface area contributed by atoms with Crippen LogP contribution in [-0.4, -0.2) is 52.5 Å². The van der Waals surface area contributed by atoms with Crippen LogP contribution in [-0.2, 0) is 16.1 Å². The third-order valence-corrected chi connectivity index (χ3v) is 3.71. The first-order valence-corrected chi connectivity index (χ1v) is 7.05. The number of carbonyl (C=O) groups is 2. The second-order valence-corrected chi connectivity index (χ2v) is 5.61. The largest absolute Gasteiger partial charge is 0.480 e. The molecule has 1 amide bonds. The van der Waals surface area contributed by atoms with Crippen molar-refractivity contribution in [3.05, 3.63) is 35.9 Å². The van der Waals surface area contributed by atoms with Crippen LogP contribution in [0.4, 0.5) is 0 Å². The van der Waals surface area contributed by atoms with Crippen molar-refractivity contribution < 1.29 is 14.7 Å². The minimum Gasteiger partial charge on any atom is -0.480 e. The zero-order valence-electron chi connectivity index (χ0n) is 13.2. The Morgan fingerprint density at radius 1 is 1.19 bits per heavy atom. The number of nitrogens with zero attached hydrogens (tertiary/aromatic N) is 2. The summed E-state index contributed by atoms with van der Waals surface area (Å²) in [4.78, 5) is 26.9. The molecule has 0 spiro atoms. The Labute approximate surface area is 126 Å². The van der Waals surface area contributed by atoms with E-state index >= 15 is 0 Å². The number of rotatable bonds is 7. The summed E-state index contributed by atoms with van der Waals surface area (Å²) < 4.78 is 0. The fraction of sp³-hybridized carbons (Fsp3) is 0.500. The van der Waals surface area contributed by atoms with Gasteiger partial charge in [0.2, 0.25) is 5.91 Å². The first kappa shape index (κ1) is 17.2. The van der Waals surface area contributed by atoms with Gasteiger partial charge < -0.3 is 10.0 Å². The van der Waals surface area contributed by atoms with Gasteiger partial charge in [-0.15, -0.1) is 0 Å². The van der Waals surface area contributed by atoms with E-state index < -0.39 is 11.5 Å². The van der Waals surface area contributed by atoms with Gasteiger partial charge in [-0.05, 0) is 26.0 Å². The summed E-state index contributed by atoms with van der Waals surface area (Å²) in [6, 6.07) is 9.71. The van der Waals surface area contributed by atoms with Gasteiger partial charge in [-0.2, -0.15) is 0 Å². The van der Waals surface area contributed by atoms with Crippen LogP contribution in [0.1, 0.15) is 26.3 Å². The quantitative estimate of drug-likeness (QED) is 0.833. The van der Waals surface area contributed by atoms with Gasteiger partial charge >= 0.3 is 5.97 Å². The summed E-state index contributed by atoms with van der Waals surface area (Å²) >= 11 is 0. The minimum atomic E-state index is -1.06. The van der Waals surface area contributed by atoms with Crippen LogP contribution in [0, 0.1) is 0 Å². The normalized spacial score (nSPS) is 11.5. The van der Waals surface area contributed by atoms with Crippen LogP contribution >= 0.6 is 0 Å². The molecule has 0 saturated carbocycles. The molecule has 5 nitrogen and oxygen atoms in total. The van der Waals surface area contributed by atoms with E-state index in [0.717, 1.165) is 5.56 Å². The summed E-state index contributed by atoms with van der Waals surface area (Å²) in [5, 5.41) is 9.26. The zero-order chi connectivity index (χ0) is 16.0. The van der Waals surface area contributed by atoms with Gasteiger partial charge in [-0.25, -0.2) is 0 Å². The first-order chi connectivity index (χ1) is 9.78. The summed E-state index contributed by atoms with van der Waals surface area (Å²) in [5.41, 5.74) is -0.00764. The number of carboxylic acids is 1. The molecule has 0 bridgehead atoms. The average Bonchev–Trinajstić information content (AvgIpc) is 2.44. The molecule has 0 aromatic heterocycles. The molecule has 0 unspecified atom stereocenters. The highest BCUT2D eigenvalue weighted by Crippen LogP contribution is 2.15. The maximum Gasteiger partial charge on any atom is 0.323 e. The molecule has 0 radical (unpaired) electrons. The molecular formula is C16H24N2O3. The second kappa shape index (κ2) is 7.22. The molecule has 5 heteroatoms. The van der Waals surface area contributed by atoms with Crippen LogP contribution in [0.3, 0.4) is 0 Å². The van der Waals surface area contributed by atoms with E-state index in [9.17, 15) is 14.7 Å². The van der Waals surface area contributed by atoms with E-state index in [-0.39, 0.29) is 12.5 Å². The Kier molecular flexibility index (Phi) is 5.90. The third-order valence-electron chi connectivity index (χ3n) is 3.71. The topological polar surface area (TPSA) is 60.9 Å². The van der Waals surface area contributed by atoms with Crippen molar-refractivity contribution in [1.29, 1.82) is 0 Å². The molecular weight excluding hydrogens is 268 g/mol. The van der Waals surface area contributed by atoms with E-state index in [0.29, 0.717) is 13.1 Å². The molecule has 0 aliphatic rings. The Morgan fingerprint density at radius 2 is 1.76 bits per heavy atom. The number of hydrogen-bond donors (Lipinski definition) is 1. The molecule has 0 fully saturated rings. The lowest BCUT2D eigenvalue weighted by atomic mass is 10.0. The van der Waals surface area contributed by atoms with Crippen LogP contribution in [0.25, 0.3) is 0 Å². The van der Waals surface area contributed by atoms with Gasteiger partial charge in [0.05, 0.1) is 6.54 Å². The van der Waals surface area contributed by atoms with Crippen LogP contribution in [0.15, 0.2) is 30.3 Å². The highest BCUT2D eigenvalue weighted by molar-refractivity contribution is 5.81. The number of aliphatic carboxylic acids is 1. The molecule has 1 N–H and O–H groups in total. The van der Waals surface area contributed by atoms with Crippen molar-refractivity contribution in [1.82, 2.24) is 9.80 Å². The fourth-order valence-corrected chi connectivity index (χ4v) is 2.07. The first-order valence-electron chi connectivity index (χ1n) is 7.05. The predicted octanol–water partition coefficient (Wildman–Crippen LogP) is 1.83. The molecule has 0 atom stereocenters. The van der Waals surface area contributed by atoms with E-state index in [4.69, 9.17) is 0 Å². The number of hydrogen-bond acceptors (Lipinski definition) is 3. The maximum absolute atomic E-state index is 12.3. The van der Waals surface area contributed by atoms with Gasteiger partial charge in [0.15, 0.2) is 0 Å². The van der Waals surface area contributed by atoms with Crippen LogP contribution in [0.5, 0.6) is 0 Å². The highest BCUT2D eigenvalue weighted by atomic mass is 16.4. The molecule has 116 valence electrons. The lowest BCUT2D eigenvalue weighted by Gasteiger charge is -2.34. The third kappa shape index (κ3) is 4.56. The predicted molar refractivity (Wildman–Crippen MR) is 81.9 cm³/mol. The van der Waals surface area contributed by atoms with Crippen molar-refractivity contribution >= 4 is 11.9 Å². The molecule has 0 aliphatic heterocycles. The Morgan fingerprint density at radius 3 is 2.24 bits per heavy atom. The second-order valence-electron chi connectivity index (χ2n) is 5.61. The number of amides is 1. The smallest absolute Gasteiger partial charge is 0.323 e. The fourth-order valence-electron chi connectivity index (χ4n) is 2.07. The molecule has 21 heavy (non-hydrogen) atoms. The monoisotopic (exact) mass is 292 g/mol. The Balaban J connectivity index is 2.68. The van der Waals surface area contributed by atoms with Crippen molar-refractivity contribution in [3.63, 3.8) is 0 Å². The number of benzene rings is 1. The lowest BCUT2D eigenvalue weighted by molar-refractivity contribution is -0.151. The van der Waals surface area contributed by atoms with Crippen molar-refractivity contribution in [3.8, 4) is 0 Å². The molecule has 0 heterocycles.